The Kier molecular flexibility index (Phi) is 6.88. The van der Waals surface area contributed by atoms with Crippen LogP contribution in [0.4, 0.5) is 30.9 Å². The minimum atomic E-state index is -10.7. The van der Waals surface area contributed by atoms with Crippen LogP contribution in [0.5, 0.6) is 0 Å². The second kappa shape index (κ2) is 8.77. The molecule has 4 nitrogen and oxygen atoms in total. The van der Waals surface area contributed by atoms with E-state index in [0.29, 0.717) is 4.88 Å². The molecule has 0 bridgehead atoms. The fraction of sp³-hybridized carbons (Fsp3) is 0.182. The summed E-state index contributed by atoms with van der Waals surface area (Å²) in [5.74, 6) is -0.868. The molecule has 2 aliphatic rings. The van der Waals surface area contributed by atoms with E-state index in [1.807, 2.05) is 6.07 Å². The van der Waals surface area contributed by atoms with E-state index in [1.165, 1.54) is 40.3 Å². The standard InChI is InChI=1S/C22H20N2O2STe.F6P/c1-23(2)13-5-7-15-19(11-13)28-20-12-14(24(3)4)6-8-16(20)21(15)17-9-10-18(27-17)22(25)26;1-7(2,3,4,5)6/h5-12H,1-4H3;/q;-1/p+1. The van der Waals surface area contributed by atoms with Crippen molar-refractivity contribution in [3.63, 3.8) is 0 Å². The van der Waals surface area contributed by atoms with Crippen LogP contribution in [0.2, 0.25) is 0 Å². The number of carboxylic acids is 1. The van der Waals surface area contributed by atoms with Gasteiger partial charge in [0.1, 0.15) is 0 Å². The number of anilines is 1. The van der Waals surface area contributed by atoms with Crippen LogP contribution in [0.15, 0.2) is 48.5 Å². The van der Waals surface area contributed by atoms with Crippen molar-refractivity contribution in [3.8, 4) is 19.6 Å². The number of benzene rings is 2. The predicted octanol–water partition coefficient (Wildman–Crippen LogP) is 6.91. The molecule has 2 heterocycles. The van der Waals surface area contributed by atoms with Crippen LogP contribution < -0.4 is 14.8 Å². The van der Waals surface area contributed by atoms with Crippen LogP contribution in [0.3, 0.4) is 0 Å². The Hall–Kier alpha value is -2.12. The van der Waals surface area contributed by atoms with E-state index in [4.69, 9.17) is 0 Å². The molecule has 1 aromatic carbocycles. The van der Waals surface area contributed by atoms with Gasteiger partial charge in [-0.2, -0.15) is 0 Å². The van der Waals surface area contributed by atoms with Gasteiger partial charge in [-0.25, -0.2) is 0 Å². The number of hydrogen-bond acceptors (Lipinski definition) is 3. The molecule has 35 heavy (non-hydrogen) atoms. The second-order valence-corrected chi connectivity index (χ2v) is 14.1. The van der Waals surface area contributed by atoms with E-state index in [2.05, 4.69) is 74.1 Å². The monoisotopic (exact) mass is 652 g/mol. The number of aromatic carboxylic acids is 1. The van der Waals surface area contributed by atoms with Crippen molar-refractivity contribution in [1.29, 1.82) is 0 Å². The zero-order valence-electron chi connectivity index (χ0n) is 18.9. The Morgan fingerprint density at radius 1 is 0.971 bits per heavy atom. The zero-order valence-corrected chi connectivity index (χ0v) is 22.9. The van der Waals surface area contributed by atoms with Crippen LogP contribution in [-0.2, 0) is 0 Å². The summed E-state index contributed by atoms with van der Waals surface area (Å²) in [6.07, 6.45) is 0. The number of carbonyl (C=O) groups is 1. The molecule has 0 unspecified atom stereocenters. The summed E-state index contributed by atoms with van der Waals surface area (Å²) in [6, 6.07) is 17.0. The molecule has 2 aromatic rings. The number of fused-ring (bicyclic) bond motifs is 2. The normalized spacial score (nSPS) is 13.5. The number of halogens is 6. The molecule has 0 spiro atoms. The van der Waals surface area contributed by atoms with Gasteiger partial charge in [-0.05, 0) is 0 Å². The molecule has 0 fully saturated rings. The molecule has 1 N–H and O–H groups in total. The van der Waals surface area contributed by atoms with Crippen molar-refractivity contribution in [3.05, 3.63) is 58.8 Å². The third-order valence-corrected chi connectivity index (χ3v) is 9.06. The van der Waals surface area contributed by atoms with E-state index >= 15 is 0 Å². The van der Waals surface area contributed by atoms with Crippen molar-refractivity contribution >= 4 is 60.0 Å². The van der Waals surface area contributed by atoms with Crippen LogP contribution in [0, 0.1) is 0 Å². The summed E-state index contributed by atoms with van der Waals surface area (Å²) in [5.41, 5.74) is 3.61. The topological polar surface area (TPSA) is 43.6 Å². The molecule has 1 aromatic heterocycles. The average molecular weight is 650 g/mol. The van der Waals surface area contributed by atoms with Crippen LogP contribution in [-0.4, -0.2) is 59.7 Å². The van der Waals surface area contributed by atoms with Gasteiger partial charge in [-0.1, -0.05) is 0 Å². The molecule has 0 amide bonds. The first-order valence-corrected chi connectivity index (χ1v) is 15.1. The quantitative estimate of drug-likeness (QED) is 0.0863. The Labute approximate surface area is 210 Å². The van der Waals surface area contributed by atoms with Gasteiger partial charge in [0, 0.05) is 0 Å². The maximum atomic E-state index is 11.4. The molecule has 1 aliphatic heterocycles. The maximum absolute atomic E-state index is 11.4. The summed E-state index contributed by atoms with van der Waals surface area (Å²) in [5, 5.41) is 11.8. The van der Waals surface area contributed by atoms with Gasteiger partial charge >= 0.3 is 211 Å². The van der Waals surface area contributed by atoms with E-state index in [0.717, 1.165) is 10.4 Å². The van der Waals surface area contributed by atoms with Crippen LogP contribution >= 0.6 is 19.1 Å². The molecule has 13 heteroatoms. The molecule has 0 atom stereocenters. The van der Waals surface area contributed by atoms with Crippen molar-refractivity contribution in [2.45, 2.75) is 0 Å². The summed E-state index contributed by atoms with van der Waals surface area (Å²) >= 11 is 0.816. The van der Waals surface area contributed by atoms with Crippen molar-refractivity contribution in [2.24, 2.45) is 0 Å². The van der Waals surface area contributed by atoms with E-state index in [1.54, 1.807) is 6.07 Å². The van der Waals surface area contributed by atoms with Crippen molar-refractivity contribution < 1.29 is 35.1 Å². The summed E-state index contributed by atoms with van der Waals surface area (Å²) < 4.78 is 64.1. The molecular formula is C22H21F6N2O2PSTe. The van der Waals surface area contributed by atoms with Gasteiger partial charge in [-0.15, -0.1) is 0 Å². The molecule has 4 rings (SSSR count). The number of thiophene rings is 1. The van der Waals surface area contributed by atoms with Gasteiger partial charge in [0.2, 0.25) is 0 Å². The zero-order chi connectivity index (χ0) is 26.4. The first-order valence-electron chi connectivity index (χ1n) is 9.88. The number of rotatable bonds is 3. The van der Waals surface area contributed by atoms with Gasteiger partial charge in [0.05, 0.1) is 0 Å². The van der Waals surface area contributed by atoms with E-state index in [-0.39, 0.29) is 0 Å². The molecule has 190 valence electrons. The van der Waals surface area contributed by atoms with Gasteiger partial charge < -0.3 is 0 Å². The minimum absolute atomic E-state index is 0.377. The Balaban J connectivity index is 0.000000429. The predicted molar refractivity (Wildman–Crippen MR) is 133 cm³/mol. The van der Waals surface area contributed by atoms with Gasteiger partial charge in [0.25, 0.3) is 0 Å². The van der Waals surface area contributed by atoms with Crippen LogP contribution in [0.25, 0.3) is 28.4 Å². The molecule has 0 saturated heterocycles. The van der Waals surface area contributed by atoms with E-state index < -0.39 is 34.2 Å². The first-order chi connectivity index (χ1) is 15.8. The number of hydrogen-bond donors (Lipinski definition) is 1. The molecular weight excluding hydrogens is 629 g/mol. The fourth-order valence-corrected chi connectivity index (χ4v) is 7.50. The Morgan fingerprint density at radius 2 is 1.60 bits per heavy atom. The molecule has 0 radical (unpaired) electrons. The molecule has 0 saturated carbocycles. The molecule has 1 aliphatic carbocycles. The van der Waals surface area contributed by atoms with Crippen molar-refractivity contribution in [2.75, 3.05) is 33.1 Å². The SMILES string of the molecule is CN(C)c1ccc2c(-c3ccc(C(=O)O)s3)c3ccc(=[N+](C)C)cc-3[te]c2c1.F[P-](F)(F)(F)(F)F. The number of nitrogens with zero attached hydrogens (tertiary/aromatic N) is 2. The van der Waals surface area contributed by atoms with Crippen LogP contribution in [0.1, 0.15) is 9.67 Å². The Bertz CT molecular complexity index is 1460. The first kappa shape index (κ1) is 27.5. The Morgan fingerprint density at radius 3 is 2.11 bits per heavy atom. The summed E-state index contributed by atoms with van der Waals surface area (Å²) in [6.45, 7) is 0. The van der Waals surface area contributed by atoms with Crippen molar-refractivity contribution in [1.82, 2.24) is 4.58 Å². The second-order valence-electron chi connectivity index (χ2n) is 8.05. The third kappa shape index (κ3) is 7.68. The average Bonchev–Trinajstić information content (AvgIpc) is 3.18. The van der Waals surface area contributed by atoms with Gasteiger partial charge in [0.15, 0.2) is 0 Å². The van der Waals surface area contributed by atoms with E-state index in [9.17, 15) is 35.1 Å². The summed E-state index contributed by atoms with van der Waals surface area (Å²) in [7, 11) is -2.41. The number of carboxylic acid groups (broad SMARTS) is 1. The fourth-order valence-electron chi connectivity index (χ4n) is 3.28. The summed E-state index contributed by atoms with van der Waals surface area (Å²) in [4.78, 5) is 14.9. The van der Waals surface area contributed by atoms with Gasteiger partial charge in [-0.3, -0.25) is 0 Å². The third-order valence-electron chi connectivity index (χ3n) is 4.78.